The van der Waals surface area contributed by atoms with Gasteiger partial charge in [-0.3, -0.25) is 0 Å². The quantitative estimate of drug-likeness (QED) is 0.705. The number of hydrogen-bond donors (Lipinski definition) is 1. The number of carbonyl (C=O) groups excluding carboxylic acids is 1. The van der Waals surface area contributed by atoms with Gasteiger partial charge in [-0.25, -0.2) is 0 Å². The lowest BCUT2D eigenvalue weighted by atomic mass is 10.1. The van der Waals surface area contributed by atoms with Crippen molar-refractivity contribution in [2.24, 2.45) is 0 Å². The van der Waals surface area contributed by atoms with E-state index in [0.29, 0.717) is 0 Å². The second-order valence-electron chi connectivity index (χ2n) is 2.64. The molecule has 13 heavy (non-hydrogen) atoms. The summed E-state index contributed by atoms with van der Waals surface area (Å²) in [6.45, 7) is 0. The topological polar surface area (TPSA) is 38.3 Å². The SMILES string of the molecule is CNC(C=O)c1ccccc1OC. The normalized spacial score (nSPS) is 12.2. The molecule has 0 saturated heterocycles. The summed E-state index contributed by atoms with van der Waals surface area (Å²) in [6.07, 6.45) is 0.859. The number of rotatable bonds is 4. The van der Waals surface area contributed by atoms with E-state index in [2.05, 4.69) is 5.32 Å². The molecule has 0 aliphatic rings. The molecule has 1 atom stereocenters. The van der Waals surface area contributed by atoms with Gasteiger partial charge in [0.2, 0.25) is 0 Å². The zero-order valence-corrected chi connectivity index (χ0v) is 7.78. The first-order valence-electron chi connectivity index (χ1n) is 4.09. The monoisotopic (exact) mass is 179 g/mol. The Morgan fingerprint density at radius 1 is 1.46 bits per heavy atom. The Morgan fingerprint density at radius 3 is 2.69 bits per heavy atom. The molecule has 1 aromatic rings. The Kier molecular flexibility index (Phi) is 3.46. The molecule has 0 fully saturated rings. The number of aldehydes is 1. The van der Waals surface area contributed by atoms with Crippen LogP contribution >= 0.6 is 0 Å². The van der Waals surface area contributed by atoms with Crippen LogP contribution in [0.15, 0.2) is 24.3 Å². The Balaban J connectivity index is 3.03. The number of nitrogens with one attached hydrogen (secondary N) is 1. The molecule has 0 radical (unpaired) electrons. The highest BCUT2D eigenvalue weighted by atomic mass is 16.5. The molecule has 1 unspecified atom stereocenters. The van der Waals surface area contributed by atoms with Crippen molar-refractivity contribution in [1.82, 2.24) is 5.32 Å². The zero-order chi connectivity index (χ0) is 9.68. The Bertz CT molecular complexity index is 286. The largest absolute Gasteiger partial charge is 0.496 e. The van der Waals surface area contributed by atoms with E-state index in [1.807, 2.05) is 24.3 Å². The first kappa shape index (κ1) is 9.74. The lowest BCUT2D eigenvalue weighted by molar-refractivity contribution is -0.109. The van der Waals surface area contributed by atoms with Crippen molar-refractivity contribution in [1.29, 1.82) is 0 Å². The number of ether oxygens (including phenoxy) is 1. The van der Waals surface area contributed by atoms with Crippen LogP contribution in [0.2, 0.25) is 0 Å². The van der Waals surface area contributed by atoms with E-state index in [1.165, 1.54) is 0 Å². The van der Waals surface area contributed by atoms with Gasteiger partial charge >= 0.3 is 0 Å². The Hall–Kier alpha value is -1.35. The molecule has 0 spiro atoms. The summed E-state index contributed by atoms with van der Waals surface area (Å²) in [5.41, 5.74) is 0.863. The van der Waals surface area contributed by atoms with E-state index in [-0.39, 0.29) is 6.04 Å². The van der Waals surface area contributed by atoms with Gasteiger partial charge in [0.15, 0.2) is 0 Å². The van der Waals surface area contributed by atoms with Gasteiger partial charge in [0, 0.05) is 5.56 Å². The molecule has 0 aromatic heterocycles. The summed E-state index contributed by atoms with van der Waals surface area (Å²) in [4.78, 5) is 10.7. The third-order valence-corrected chi connectivity index (χ3v) is 1.92. The van der Waals surface area contributed by atoms with Crippen molar-refractivity contribution in [3.8, 4) is 5.75 Å². The Morgan fingerprint density at radius 2 is 2.15 bits per heavy atom. The van der Waals surface area contributed by atoms with E-state index >= 15 is 0 Å². The first-order chi connectivity index (χ1) is 6.33. The standard InChI is InChI=1S/C10H13NO2/c1-11-9(7-12)8-5-3-4-6-10(8)13-2/h3-7,9,11H,1-2H3. The molecule has 0 bridgehead atoms. The third kappa shape index (κ3) is 2.06. The predicted octanol–water partition coefficient (Wildman–Crippen LogP) is 1.15. The summed E-state index contributed by atoms with van der Waals surface area (Å²) in [7, 11) is 3.34. The molecule has 0 aliphatic heterocycles. The van der Waals surface area contributed by atoms with Gasteiger partial charge in [-0.1, -0.05) is 18.2 Å². The zero-order valence-electron chi connectivity index (χ0n) is 7.78. The predicted molar refractivity (Wildman–Crippen MR) is 50.9 cm³/mol. The highest BCUT2D eigenvalue weighted by Crippen LogP contribution is 2.22. The molecule has 1 rings (SSSR count). The van der Waals surface area contributed by atoms with Gasteiger partial charge in [0.1, 0.15) is 12.0 Å². The molecule has 0 saturated carbocycles. The average Bonchev–Trinajstić information content (AvgIpc) is 2.20. The summed E-state index contributed by atoms with van der Waals surface area (Å²) < 4.78 is 5.13. The first-order valence-corrected chi connectivity index (χ1v) is 4.09. The summed E-state index contributed by atoms with van der Waals surface area (Å²) in [5, 5.41) is 2.89. The van der Waals surface area contributed by atoms with Crippen molar-refractivity contribution in [2.45, 2.75) is 6.04 Å². The van der Waals surface area contributed by atoms with Crippen molar-refractivity contribution < 1.29 is 9.53 Å². The van der Waals surface area contributed by atoms with Crippen LogP contribution in [-0.2, 0) is 4.79 Å². The summed E-state index contributed by atoms with van der Waals surface area (Å²) >= 11 is 0. The number of para-hydroxylation sites is 1. The molecule has 3 nitrogen and oxygen atoms in total. The smallest absolute Gasteiger partial charge is 0.141 e. The van der Waals surface area contributed by atoms with Crippen LogP contribution in [0.4, 0.5) is 0 Å². The minimum Gasteiger partial charge on any atom is -0.496 e. The van der Waals surface area contributed by atoms with Gasteiger partial charge in [-0.15, -0.1) is 0 Å². The fraction of sp³-hybridized carbons (Fsp3) is 0.300. The van der Waals surface area contributed by atoms with Gasteiger partial charge < -0.3 is 14.8 Å². The van der Waals surface area contributed by atoms with Crippen molar-refractivity contribution in [3.63, 3.8) is 0 Å². The lowest BCUT2D eigenvalue weighted by Gasteiger charge is -2.12. The van der Waals surface area contributed by atoms with E-state index in [9.17, 15) is 4.79 Å². The van der Waals surface area contributed by atoms with Crippen LogP contribution in [0.1, 0.15) is 11.6 Å². The molecular formula is C10H13NO2. The third-order valence-electron chi connectivity index (χ3n) is 1.92. The number of hydrogen-bond acceptors (Lipinski definition) is 3. The Labute approximate surface area is 77.7 Å². The van der Waals surface area contributed by atoms with Gasteiger partial charge in [-0.2, -0.15) is 0 Å². The average molecular weight is 179 g/mol. The van der Waals surface area contributed by atoms with Gasteiger partial charge in [0.05, 0.1) is 13.2 Å². The molecule has 1 N–H and O–H groups in total. The minimum absolute atomic E-state index is 0.295. The maximum absolute atomic E-state index is 10.7. The molecule has 0 aliphatic carbocycles. The van der Waals surface area contributed by atoms with Crippen molar-refractivity contribution >= 4 is 6.29 Å². The second kappa shape index (κ2) is 4.62. The number of methoxy groups -OCH3 is 1. The van der Waals surface area contributed by atoms with Crippen molar-refractivity contribution in [2.75, 3.05) is 14.2 Å². The van der Waals surface area contributed by atoms with E-state index in [0.717, 1.165) is 17.6 Å². The van der Waals surface area contributed by atoms with Gasteiger partial charge in [-0.05, 0) is 13.1 Å². The maximum atomic E-state index is 10.7. The fourth-order valence-corrected chi connectivity index (χ4v) is 1.22. The summed E-state index contributed by atoms with van der Waals surface area (Å²) in [6, 6.07) is 7.17. The van der Waals surface area contributed by atoms with E-state index in [1.54, 1.807) is 14.2 Å². The number of carbonyl (C=O) groups is 1. The molecular weight excluding hydrogens is 166 g/mol. The van der Waals surface area contributed by atoms with E-state index in [4.69, 9.17) is 4.74 Å². The fourth-order valence-electron chi connectivity index (χ4n) is 1.22. The highest BCUT2D eigenvalue weighted by Gasteiger charge is 2.11. The van der Waals surface area contributed by atoms with Crippen molar-refractivity contribution in [3.05, 3.63) is 29.8 Å². The van der Waals surface area contributed by atoms with E-state index < -0.39 is 0 Å². The van der Waals surface area contributed by atoms with Crippen LogP contribution in [0.25, 0.3) is 0 Å². The summed E-state index contributed by atoms with van der Waals surface area (Å²) in [5.74, 6) is 0.731. The molecule has 1 aromatic carbocycles. The number of benzene rings is 1. The maximum Gasteiger partial charge on any atom is 0.141 e. The van der Waals surface area contributed by atoms with Crippen LogP contribution in [0.5, 0.6) is 5.75 Å². The highest BCUT2D eigenvalue weighted by molar-refractivity contribution is 5.63. The van der Waals surface area contributed by atoms with Crippen LogP contribution < -0.4 is 10.1 Å². The number of likely N-dealkylation sites (N-methyl/N-ethyl adjacent to an activating group) is 1. The molecule has 0 amide bonds. The van der Waals surface area contributed by atoms with Crippen LogP contribution in [0.3, 0.4) is 0 Å². The molecule has 70 valence electrons. The molecule has 3 heteroatoms. The molecule has 0 heterocycles. The minimum atomic E-state index is -0.295. The van der Waals surface area contributed by atoms with Crippen LogP contribution in [-0.4, -0.2) is 20.4 Å². The second-order valence-corrected chi connectivity index (χ2v) is 2.64. The van der Waals surface area contributed by atoms with Gasteiger partial charge in [0.25, 0.3) is 0 Å². The van der Waals surface area contributed by atoms with Crippen LogP contribution in [0, 0.1) is 0 Å². The lowest BCUT2D eigenvalue weighted by Crippen LogP contribution is -2.18.